The van der Waals surface area contributed by atoms with Gasteiger partial charge in [0.2, 0.25) is 5.88 Å². The smallest absolute Gasteiger partial charge is 0.237 e. The minimum absolute atomic E-state index is 0.564. The summed E-state index contributed by atoms with van der Waals surface area (Å²) < 4.78 is 6.96. The van der Waals surface area contributed by atoms with Crippen molar-refractivity contribution in [3.8, 4) is 11.9 Å². The molecule has 0 aliphatic rings. The van der Waals surface area contributed by atoms with E-state index in [1.165, 1.54) is 0 Å². The molecular formula is C13H14N4O. The lowest BCUT2D eigenvalue weighted by Crippen LogP contribution is -2.01. The number of anilines is 1. The van der Waals surface area contributed by atoms with Crippen LogP contribution in [0.4, 0.5) is 5.69 Å². The fourth-order valence-corrected chi connectivity index (χ4v) is 1.73. The number of nitrogens with one attached hydrogen (secondary N) is 1. The Labute approximate surface area is 106 Å². The van der Waals surface area contributed by atoms with Crippen molar-refractivity contribution in [2.24, 2.45) is 7.05 Å². The molecule has 0 unspecified atom stereocenters. The predicted molar refractivity (Wildman–Crippen MR) is 68.2 cm³/mol. The number of pyridine rings is 1. The van der Waals surface area contributed by atoms with E-state index >= 15 is 0 Å². The zero-order chi connectivity index (χ0) is 13.0. The molecule has 5 nitrogen and oxygen atoms in total. The number of nitriles is 1. The molecule has 0 atom stereocenters. The molecule has 2 heterocycles. The molecule has 0 amide bonds. The van der Waals surface area contributed by atoms with Crippen LogP contribution in [0.2, 0.25) is 0 Å². The van der Waals surface area contributed by atoms with Crippen LogP contribution in [-0.2, 0) is 13.6 Å². The van der Waals surface area contributed by atoms with Gasteiger partial charge in [0.25, 0.3) is 0 Å². The van der Waals surface area contributed by atoms with Gasteiger partial charge < -0.3 is 14.6 Å². The third kappa shape index (κ3) is 2.43. The van der Waals surface area contributed by atoms with E-state index in [9.17, 15) is 0 Å². The van der Waals surface area contributed by atoms with Crippen molar-refractivity contribution >= 4 is 5.69 Å². The predicted octanol–water partition coefficient (Wildman–Crippen LogP) is 1.91. The van der Waals surface area contributed by atoms with Crippen molar-refractivity contribution in [1.29, 1.82) is 5.26 Å². The fourth-order valence-electron chi connectivity index (χ4n) is 1.73. The number of aromatic nitrogens is 2. The van der Waals surface area contributed by atoms with E-state index in [0.29, 0.717) is 18.1 Å². The monoisotopic (exact) mass is 242 g/mol. The molecule has 2 rings (SSSR count). The first-order valence-electron chi connectivity index (χ1n) is 5.53. The molecule has 2 aromatic heterocycles. The van der Waals surface area contributed by atoms with Gasteiger partial charge in [-0.2, -0.15) is 5.26 Å². The molecule has 0 radical (unpaired) electrons. The highest BCUT2D eigenvalue weighted by molar-refractivity contribution is 5.52. The summed E-state index contributed by atoms with van der Waals surface area (Å²) in [5, 5.41) is 12.1. The summed E-state index contributed by atoms with van der Waals surface area (Å²) in [6.07, 6.45) is 3.61. The van der Waals surface area contributed by atoms with Gasteiger partial charge >= 0.3 is 0 Å². The summed E-state index contributed by atoms with van der Waals surface area (Å²) in [7, 11) is 3.44. The zero-order valence-corrected chi connectivity index (χ0v) is 10.3. The van der Waals surface area contributed by atoms with E-state index in [1.54, 1.807) is 17.9 Å². The Bertz CT molecular complexity index is 583. The van der Waals surface area contributed by atoms with Crippen molar-refractivity contribution in [1.82, 2.24) is 9.55 Å². The molecule has 0 aromatic carbocycles. The zero-order valence-electron chi connectivity index (χ0n) is 10.3. The van der Waals surface area contributed by atoms with E-state index in [2.05, 4.69) is 16.4 Å². The SMILES string of the molecule is COc1ncccc1NCc1cc(C#N)n(C)c1. The summed E-state index contributed by atoms with van der Waals surface area (Å²) in [4.78, 5) is 4.11. The van der Waals surface area contributed by atoms with Gasteiger partial charge in [-0.1, -0.05) is 0 Å². The highest BCUT2D eigenvalue weighted by Gasteiger charge is 2.05. The molecule has 18 heavy (non-hydrogen) atoms. The van der Waals surface area contributed by atoms with Crippen molar-refractivity contribution in [3.63, 3.8) is 0 Å². The van der Waals surface area contributed by atoms with Gasteiger partial charge in [0.1, 0.15) is 11.8 Å². The van der Waals surface area contributed by atoms with E-state index < -0.39 is 0 Å². The van der Waals surface area contributed by atoms with Crippen LogP contribution >= 0.6 is 0 Å². The Morgan fingerprint density at radius 3 is 3.06 bits per heavy atom. The molecule has 0 saturated heterocycles. The summed E-state index contributed by atoms with van der Waals surface area (Å²) >= 11 is 0. The minimum atomic E-state index is 0.564. The summed E-state index contributed by atoms with van der Waals surface area (Å²) in [6, 6.07) is 7.74. The summed E-state index contributed by atoms with van der Waals surface area (Å²) in [6.45, 7) is 0.623. The molecule has 92 valence electrons. The standard InChI is InChI=1S/C13H14N4O/c1-17-9-10(6-11(17)7-14)8-16-12-4-3-5-15-13(12)18-2/h3-6,9,16H,8H2,1-2H3. The van der Waals surface area contributed by atoms with Gasteiger partial charge in [0.15, 0.2) is 0 Å². The molecule has 0 fully saturated rings. The Morgan fingerprint density at radius 1 is 1.56 bits per heavy atom. The van der Waals surface area contributed by atoms with Gasteiger partial charge in [-0.05, 0) is 23.8 Å². The van der Waals surface area contributed by atoms with E-state index in [-0.39, 0.29) is 0 Å². The highest BCUT2D eigenvalue weighted by atomic mass is 16.5. The van der Waals surface area contributed by atoms with Crippen LogP contribution in [0.25, 0.3) is 0 Å². The number of nitrogens with zero attached hydrogens (tertiary/aromatic N) is 3. The Kier molecular flexibility index (Phi) is 3.49. The van der Waals surface area contributed by atoms with Crippen molar-refractivity contribution < 1.29 is 4.74 Å². The van der Waals surface area contributed by atoms with E-state index in [1.807, 2.05) is 31.4 Å². The van der Waals surface area contributed by atoms with Crippen molar-refractivity contribution in [2.75, 3.05) is 12.4 Å². The van der Waals surface area contributed by atoms with E-state index in [0.717, 1.165) is 11.3 Å². The van der Waals surface area contributed by atoms with Gasteiger partial charge in [0, 0.05) is 26.0 Å². The first kappa shape index (κ1) is 12.0. The number of rotatable bonds is 4. The van der Waals surface area contributed by atoms with Gasteiger partial charge in [-0.3, -0.25) is 0 Å². The average molecular weight is 242 g/mol. The maximum atomic E-state index is 8.88. The molecule has 1 N–H and O–H groups in total. The number of methoxy groups -OCH3 is 1. The van der Waals surface area contributed by atoms with Crippen LogP contribution in [-0.4, -0.2) is 16.7 Å². The lowest BCUT2D eigenvalue weighted by Gasteiger charge is -2.08. The first-order valence-corrected chi connectivity index (χ1v) is 5.53. The second kappa shape index (κ2) is 5.23. The third-order valence-corrected chi connectivity index (χ3v) is 2.62. The molecule has 0 spiro atoms. The highest BCUT2D eigenvalue weighted by Crippen LogP contribution is 2.20. The molecular weight excluding hydrogens is 228 g/mol. The lowest BCUT2D eigenvalue weighted by atomic mass is 10.3. The average Bonchev–Trinajstić information content (AvgIpc) is 2.77. The molecule has 0 aliphatic heterocycles. The fraction of sp³-hybridized carbons (Fsp3) is 0.231. The molecule has 2 aromatic rings. The van der Waals surface area contributed by atoms with Crippen LogP contribution in [0, 0.1) is 11.3 Å². The number of ether oxygens (including phenoxy) is 1. The maximum Gasteiger partial charge on any atom is 0.237 e. The Morgan fingerprint density at radius 2 is 2.39 bits per heavy atom. The van der Waals surface area contributed by atoms with Crippen LogP contribution in [0.1, 0.15) is 11.3 Å². The van der Waals surface area contributed by atoms with Crippen LogP contribution in [0.3, 0.4) is 0 Å². The quantitative estimate of drug-likeness (QED) is 0.889. The molecule has 0 bridgehead atoms. The second-order valence-corrected chi connectivity index (χ2v) is 3.87. The first-order chi connectivity index (χ1) is 8.74. The topological polar surface area (TPSA) is 62.9 Å². The Hall–Kier alpha value is -2.48. The minimum Gasteiger partial charge on any atom is -0.480 e. The van der Waals surface area contributed by atoms with Gasteiger partial charge in [-0.15, -0.1) is 0 Å². The molecule has 0 aliphatic carbocycles. The summed E-state index contributed by atoms with van der Waals surface area (Å²) in [5.41, 5.74) is 2.52. The largest absolute Gasteiger partial charge is 0.480 e. The molecule has 5 heteroatoms. The second-order valence-electron chi connectivity index (χ2n) is 3.87. The van der Waals surface area contributed by atoms with Gasteiger partial charge in [0.05, 0.1) is 12.8 Å². The van der Waals surface area contributed by atoms with Crippen molar-refractivity contribution in [2.45, 2.75) is 6.54 Å². The van der Waals surface area contributed by atoms with Crippen LogP contribution in [0.15, 0.2) is 30.6 Å². The number of aryl methyl sites for hydroxylation is 1. The van der Waals surface area contributed by atoms with Crippen LogP contribution < -0.4 is 10.1 Å². The third-order valence-electron chi connectivity index (χ3n) is 2.62. The van der Waals surface area contributed by atoms with Gasteiger partial charge in [-0.25, -0.2) is 4.98 Å². The Balaban J connectivity index is 2.09. The van der Waals surface area contributed by atoms with E-state index in [4.69, 9.17) is 10.00 Å². The normalized spacial score (nSPS) is 9.83. The van der Waals surface area contributed by atoms with Crippen LogP contribution in [0.5, 0.6) is 5.88 Å². The summed E-state index contributed by atoms with van der Waals surface area (Å²) in [5.74, 6) is 0.564. The maximum absolute atomic E-state index is 8.88. The number of hydrogen-bond acceptors (Lipinski definition) is 4. The molecule has 0 saturated carbocycles. The van der Waals surface area contributed by atoms with Crippen molar-refractivity contribution in [3.05, 3.63) is 41.9 Å². The lowest BCUT2D eigenvalue weighted by molar-refractivity contribution is 0.399. The number of hydrogen-bond donors (Lipinski definition) is 1.